The summed E-state index contributed by atoms with van der Waals surface area (Å²) in [6.07, 6.45) is 0.780. The molecule has 0 aliphatic heterocycles. The molecule has 0 heterocycles. The molecule has 0 amide bonds. The van der Waals surface area contributed by atoms with Gasteiger partial charge in [-0.2, -0.15) is 0 Å². The predicted octanol–water partition coefficient (Wildman–Crippen LogP) is 2.94. The zero-order chi connectivity index (χ0) is 7.84. The maximum Gasteiger partial charge on any atom is 0.129 e. The molecule has 1 aromatic rings. The minimum absolute atomic E-state index is 0.0272. The van der Waals surface area contributed by atoms with Crippen molar-refractivity contribution in [2.24, 2.45) is 0 Å². The molecule has 0 unspecified atom stereocenters. The van der Waals surface area contributed by atoms with Gasteiger partial charge in [-0.05, 0) is 24.5 Å². The molecule has 0 N–H and O–H groups in total. The van der Waals surface area contributed by atoms with Crippen LogP contribution in [-0.4, -0.2) is 0 Å². The first-order valence-electron chi connectivity index (χ1n) is 3.72. The van der Waals surface area contributed by atoms with Crippen molar-refractivity contribution < 1.29 is 4.39 Å². The van der Waals surface area contributed by atoms with Crippen LogP contribution in [0.15, 0.2) is 29.8 Å². The van der Waals surface area contributed by atoms with Gasteiger partial charge in [0, 0.05) is 5.56 Å². The van der Waals surface area contributed by atoms with E-state index in [1.54, 1.807) is 0 Å². The van der Waals surface area contributed by atoms with E-state index in [4.69, 9.17) is 0 Å². The van der Waals surface area contributed by atoms with E-state index in [-0.39, 0.29) is 5.83 Å². The highest BCUT2D eigenvalue weighted by Gasteiger charge is 2.16. The second kappa shape index (κ2) is 2.19. The van der Waals surface area contributed by atoms with Crippen molar-refractivity contribution >= 4 is 5.83 Å². The lowest BCUT2D eigenvalue weighted by Gasteiger charge is -1.94. The van der Waals surface area contributed by atoms with E-state index in [0.717, 1.165) is 23.1 Å². The van der Waals surface area contributed by atoms with Crippen molar-refractivity contribution in [2.45, 2.75) is 13.3 Å². The van der Waals surface area contributed by atoms with Crippen LogP contribution in [0, 0.1) is 0 Å². The molecule has 2 rings (SSSR count). The SMILES string of the molecule is CC1=C(F)c2ccccc2C1. The molecule has 0 radical (unpaired) electrons. The number of fused-ring (bicyclic) bond motifs is 1. The van der Waals surface area contributed by atoms with E-state index in [9.17, 15) is 4.39 Å². The maximum atomic E-state index is 13.2. The number of halogens is 1. The first-order chi connectivity index (χ1) is 5.29. The van der Waals surface area contributed by atoms with E-state index < -0.39 is 0 Å². The molecular weight excluding hydrogens is 139 g/mol. The zero-order valence-electron chi connectivity index (χ0n) is 6.39. The van der Waals surface area contributed by atoms with Gasteiger partial charge < -0.3 is 0 Å². The van der Waals surface area contributed by atoms with E-state index in [0.29, 0.717) is 0 Å². The third-order valence-corrected chi connectivity index (χ3v) is 2.08. The number of allylic oxidation sites excluding steroid dienone is 1. The second-order valence-electron chi connectivity index (χ2n) is 2.93. The van der Waals surface area contributed by atoms with Crippen LogP contribution in [0.2, 0.25) is 0 Å². The van der Waals surface area contributed by atoms with Gasteiger partial charge in [0.05, 0.1) is 0 Å². The highest BCUT2D eigenvalue weighted by molar-refractivity contribution is 5.70. The normalized spacial score (nSPS) is 15.5. The Balaban J connectivity index is 2.60. The molecule has 0 fully saturated rings. The monoisotopic (exact) mass is 148 g/mol. The van der Waals surface area contributed by atoms with Crippen molar-refractivity contribution in [3.8, 4) is 0 Å². The third-order valence-electron chi connectivity index (χ3n) is 2.08. The Kier molecular flexibility index (Phi) is 1.31. The van der Waals surface area contributed by atoms with Crippen LogP contribution in [-0.2, 0) is 6.42 Å². The molecular formula is C10H9F. The predicted molar refractivity (Wildman–Crippen MR) is 43.8 cm³/mol. The van der Waals surface area contributed by atoms with Crippen molar-refractivity contribution in [3.05, 3.63) is 41.0 Å². The summed E-state index contributed by atoms with van der Waals surface area (Å²) in [7, 11) is 0. The fourth-order valence-electron chi connectivity index (χ4n) is 1.48. The minimum atomic E-state index is -0.0272. The fraction of sp³-hybridized carbons (Fsp3) is 0.200. The number of hydrogen-bond acceptors (Lipinski definition) is 0. The van der Waals surface area contributed by atoms with Crippen LogP contribution < -0.4 is 0 Å². The van der Waals surface area contributed by atoms with E-state index >= 15 is 0 Å². The Morgan fingerprint density at radius 1 is 1.27 bits per heavy atom. The van der Waals surface area contributed by atoms with Gasteiger partial charge in [0.15, 0.2) is 0 Å². The smallest absolute Gasteiger partial charge is 0.129 e. The average Bonchev–Trinajstić information content (AvgIpc) is 2.30. The summed E-state index contributed by atoms with van der Waals surface area (Å²) in [5, 5.41) is 0. The van der Waals surface area contributed by atoms with Crippen molar-refractivity contribution in [3.63, 3.8) is 0 Å². The molecule has 0 spiro atoms. The maximum absolute atomic E-state index is 13.2. The number of hydrogen-bond donors (Lipinski definition) is 0. The largest absolute Gasteiger partial charge is 0.206 e. The summed E-state index contributed by atoms with van der Waals surface area (Å²) >= 11 is 0. The van der Waals surface area contributed by atoms with Gasteiger partial charge >= 0.3 is 0 Å². The van der Waals surface area contributed by atoms with Gasteiger partial charge in [-0.15, -0.1) is 0 Å². The van der Waals surface area contributed by atoms with Gasteiger partial charge in [-0.1, -0.05) is 24.3 Å². The molecule has 0 saturated carbocycles. The van der Waals surface area contributed by atoms with Crippen LogP contribution in [0.3, 0.4) is 0 Å². The molecule has 1 heteroatoms. The zero-order valence-corrected chi connectivity index (χ0v) is 6.39. The lowest BCUT2D eigenvalue weighted by molar-refractivity contribution is 0.755. The molecule has 56 valence electrons. The topological polar surface area (TPSA) is 0 Å². The Morgan fingerprint density at radius 3 is 2.73 bits per heavy atom. The molecule has 0 bridgehead atoms. The van der Waals surface area contributed by atoms with Crippen molar-refractivity contribution in [1.29, 1.82) is 0 Å². The molecule has 0 nitrogen and oxygen atoms in total. The first kappa shape index (κ1) is 6.59. The molecule has 0 atom stereocenters. The van der Waals surface area contributed by atoms with Crippen LogP contribution in [0.5, 0.6) is 0 Å². The van der Waals surface area contributed by atoms with Gasteiger partial charge in [-0.25, -0.2) is 4.39 Å². The van der Waals surface area contributed by atoms with Gasteiger partial charge in [0.1, 0.15) is 5.83 Å². The second-order valence-corrected chi connectivity index (χ2v) is 2.93. The minimum Gasteiger partial charge on any atom is -0.206 e. The lowest BCUT2D eigenvalue weighted by atomic mass is 10.1. The van der Waals surface area contributed by atoms with Crippen LogP contribution >= 0.6 is 0 Å². The number of benzene rings is 1. The van der Waals surface area contributed by atoms with E-state index in [1.165, 1.54) is 0 Å². The standard InChI is InChI=1S/C10H9F/c1-7-6-8-4-2-3-5-9(8)10(7)11/h2-5H,6H2,1H3. The summed E-state index contributed by atoms with van der Waals surface area (Å²) in [6.45, 7) is 1.84. The quantitative estimate of drug-likeness (QED) is 0.530. The summed E-state index contributed by atoms with van der Waals surface area (Å²) in [4.78, 5) is 0. The van der Waals surface area contributed by atoms with Crippen molar-refractivity contribution in [1.82, 2.24) is 0 Å². The van der Waals surface area contributed by atoms with Crippen LogP contribution in [0.1, 0.15) is 18.1 Å². The Morgan fingerprint density at radius 2 is 2.00 bits per heavy atom. The molecule has 0 saturated heterocycles. The Bertz CT molecular complexity index is 323. The highest BCUT2D eigenvalue weighted by atomic mass is 19.1. The van der Waals surface area contributed by atoms with Gasteiger partial charge in [0.25, 0.3) is 0 Å². The molecule has 11 heavy (non-hydrogen) atoms. The van der Waals surface area contributed by atoms with Crippen LogP contribution in [0.25, 0.3) is 5.83 Å². The van der Waals surface area contributed by atoms with Crippen LogP contribution in [0.4, 0.5) is 4.39 Å². The summed E-state index contributed by atoms with van der Waals surface area (Å²) in [5.41, 5.74) is 2.75. The molecule has 1 aliphatic carbocycles. The highest BCUT2D eigenvalue weighted by Crippen LogP contribution is 2.32. The lowest BCUT2D eigenvalue weighted by Crippen LogP contribution is -1.79. The molecule has 0 aromatic heterocycles. The third kappa shape index (κ3) is 0.881. The fourth-order valence-corrected chi connectivity index (χ4v) is 1.48. The summed E-state index contributed by atoms with van der Waals surface area (Å²) in [5.74, 6) is -0.0272. The first-order valence-corrected chi connectivity index (χ1v) is 3.72. The molecule has 1 aliphatic rings. The molecule has 1 aromatic carbocycles. The van der Waals surface area contributed by atoms with Gasteiger partial charge in [0.2, 0.25) is 0 Å². The van der Waals surface area contributed by atoms with Crippen molar-refractivity contribution in [2.75, 3.05) is 0 Å². The van der Waals surface area contributed by atoms with Gasteiger partial charge in [-0.3, -0.25) is 0 Å². The van der Waals surface area contributed by atoms with E-state index in [1.807, 2.05) is 31.2 Å². The number of rotatable bonds is 0. The average molecular weight is 148 g/mol. The Labute approximate surface area is 65.4 Å². The summed E-state index contributed by atoms with van der Waals surface area (Å²) < 4.78 is 13.2. The summed E-state index contributed by atoms with van der Waals surface area (Å²) in [6, 6.07) is 7.63. The van der Waals surface area contributed by atoms with E-state index in [2.05, 4.69) is 0 Å². The Hall–Kier alpha value is -1.11.